The molecule has 3 heteroatoms. The Balaban J connectivity index is 2.00. The third-order valence-electron chi connectivity index (χ3n) is 3.39. The maximum Gasteiger partial charge on any atom is 0.0955 e. The molecule has 0 spiro atoms. The molecule has 2 heterocycles. The number of nitrogens with zero attached hydrogens (tertiary/aromatic N) is 1. The number of pyridine rings is 1. The molecule has 0 saturated carbocycles. The number of nitrogens with one attached hydrogen (secondary N) is 1. The van der Waals surface area contributed by atoms with Crippen LogP contribution in [0.1, 0.15) is 24.1 Å². The second-order valence-corrected chi connectivity index (χ2v) is 4.75. The molecular weight excluding hydrogens is 236 g/mol. The van der Waals surface area contributed by atoms with E-state index < -0.39 is 0 Å². The lowest BCUT2D eigenvalue weighted by molar-refractivity contribution is 0.562. The molecule has 3 nitrogen and oxygen atoms in total. The SMILES string of the molecule is Cc1ccc(NC(C)c2ccoc2)c2cccnc12. The minimum atomic E-state index is 0.199. The Morgan fingerprint density at radius 2 is 2.11 bits per heavy atom. The molecule has 1 unspecified atom stereocenters. The Kier molecular flexibility index (Phi) is 2.95. The summed E-state index contributed by atoms with van der Waals surface area (Å²) in [6.07, 6.45) is 5.30. The third kappa shape index (κ3) is 2.19. The number of hydrogen-bond acceptors (Lipinski definition) is 3. The number of anilines is 1. The number of rotatable bonds is 3. The molecule has 0 radical (unpaired) electrons. The summed E-state index contributed by atoms with van der Waals surface area (Å²) in [5.41, 5.74) is 4.48. The Bertz CT molecular complexity index is 689. The van der Waals surface area contributed by atoms with E-state index in [1.165, 1.54) is 5.56 Å². The van der Waals surface area contributed by atoms with Gasteiger partial charge in [-0.25, -0.2) is 0 Å². The monoisotopic (exact) mass is 252 g/mol. The van der Waals surface area contributed by atoms with E-state index in [4.69, 9.17) is 4.42 Å². The number of aromatic nitrogens is 1. The average Bonchev–Trinajstić information content (AvgIpc) is 2.96. The van der Waals surface area contributed by atoms with Gasteiger partial charge in [-0.15, -0.1) is 0 Å². The first-order valence-electron chi connectivity index (χ1n) is 6.38. The Labute approximate surface area is 112 Å². The average molecular weight is 252 g/mol. The quantitative estimate of drug-likeness (QED) is 0.754. The molecule has 0 bridgehead atoms. The van der Waals surface area contributed by atoms with Gasteiger partial charge >= 0.3 is 0 Å². The van der Waals surface area contributed by atoms with Crippen LogP contribution in [0.25, 0.3) is 10.9 Å². The summed E-state index contributed by atoms with van der Waals surface area (Å²) in [4.78, 5) is 4.45. The minimum absolute atomic E-state index is 0.199. The first-order chi connectivity index (χ1) is 9.25. The number of hydrogen-bond donors (Lipinski definition) is 1. The Hall–Kier alpha value is -2.29. The van der Waals surface area contributed by atoms with Crippen LogP contribution in [0, 0.1) is 6.92 Å². The molecule has 1 aromatic carbocycles. The molecule has 19 heavy (non-hydrogen) atoms. The van der Waals surface area contributed by atoms with Crippen molar-refractivity contribution in [2.45, 2.75) is 19.9 Å². The molecule has 0 aliphatic rings. The molecule has 0 fully saturated rings. The Morgan fingerprint density at radius 3 is 2.89 bits per heavy atom. The van der Waals surface area contributed by atoms with E-state index in [1.54, 1.807) is 12.5 Å². The molecule has 0 amide bonds. The second-order valence-electron chi connectivity index (χ2n) is 4.75. The summed E-state index contributed by atoms with van der Waals surface area (Å²) in [7, 11) is 0. The van der Waals surface area contributed by atoms with Crippen molar-refractivity contribution in [1.82, 2.24) is 4.98 Å². The van der Waals surface area contributed by atoms with Crippen molar-refractivity contribution in [2.24, 2.45) is 0 Å². The van der Waals surface area contributed by atoms with Crippen molar-refractivity contribution in [1.29, 1.82) is 0 Å². The lowest BCUT2D eigenvalue weighted by Crippen LogP contribution is -2.06. The highest BCUT2D eigenvalue weighted by Gasteiger charge is 2.09. The number of fused-ring (bicyclic) bond motifs is 1. The van der Waals surface area contributed by atoms with Crippen LogP contribution in [0.4, 0.5) is 5.69 Å². The standard InChI is InChI=1S/C16H16N2O/c1-11-5-6-15(14-4-3-8-17-16(11)14)18-12(2)13-7-9-19-10-13/h3-10,12,18H,1-2H3. The molecule has 96 valence electrons. The zero-order chi connectivity index (χ0) is 13.2. The van der Waals surface area contributed by atoms with Gasteiger partial charge in [0.1, 0.15) is 0 Å². The fourth-order valence-corrected chi connectivity index (χ4v) is 2.28. The zero-order valence-electron chi connectivity index (χ0n) is 11.1. The summed E-state index contributed by atoms with van der Waals surface area (Å²) in [5, 5.41) is 4.67. The van der Waals surface area contributed by atoms with Gasteiger partial charge in [0.2, 0.25) is 0 Å². The van der Waals surface area contributed by atoms with Crippen LogP contribution in [0.5, 0.6) is 0 Å². The second kappa shape index (κ2) is 4.76. The number of benzene rings is 1. The van der Waals surface area contributed by atoms with Crippen molar-refractivity contribution in [3.8, 4) is 0 Å². The smallest absolute Gasteiger partial charge is 0.0955 e. The van der Waals surface area contributed by atoms with Gasteiger partial charge in [-0.05, 0) is 43.7 Å². The Morgan fingerprint density at radius 1 is 1.21 bits per heavy atom. The van der Waals surface area contributed by atoms with Gasteiger partial charge in [0.05, 0.1) is 24.1 Å². The predicted octanol–water partition coefficient (Wildman–Crippen LogP) is 4.31. The van der Waals surface area contributed by atoms with Crippen LogP contribution >= 0.6 is 0 Å². The van der Waals surface area contributed by atoms with Crippen molar-refractivity contribution >= 4 is 16.6 Å². The van der Waals surface area contributed by atoms with Gasteiger partial charge < -0.3 is 9.73 Å². The van der Waals surface area contributed by atoms with Crippen molar-refractivity contribution < 1.29 is 4.42 Å². The molecular formula is C16H16N2O. The minimum Gasteiger partial charge on any atom is -0.472 e. The van der Waals surface area contributed by atoms with Crippen LogP contribution in [0.15, 0.2) is 53.5 Å². The highest BCUT2D eigenvalue weighted by atomic mass is 16.3. The number of furan rings is 1. The van der Waals surface area contributed by atoms with Crippen LogP contribution in [-0.2, 0) is 0 Å². The van der Waals surface area contributed by atoms with Gasteiger partial charge in [-0.3, -0.25) is 4.98 Å². The molecule has 1 atom stereocenters. The fourth-order valence-electron chi connectivity index (χ4n) is 2.28. The van der Waals surface area contributed by atoms with Crippen molar-refractivity contribution in [2.75, 3.05) is 5.32 Å². The summed E-state index contributed by atoms with van der Waals surface area (Å²) in [5.74, 6) is 0. The lowest BCUT2D eigenvalue weighted by Gasteiger charge is -2.16. The van der Waals surface area contributed by atoms with Crippen LogP contribution in [0.3, 0.4) is 0 Å². The van der Waals surface area contributed by atoms with E-state index in [0.29, 0.717) is 0 Å². The molecule has 0 aliphatic carbocycles. The van der Waals surface area contributed by atoms with E-state index in [2.05, 4.69) is 42.3 Å². The third-order valence-corrected chi connectivity index (χ3v) is 3.39. The molecule has 3 aromatic rings. The van der Waals surface area contributed by atoms with Gasteiger partial charge in [0.15, 0.2) is 0 Å². The predicted molar refractivity (Wildman–Crippen MR) is 77.2 cm³/mol. The van der Waals surface area contributed by atoms with Crippen LogP contribution < -0.4 is 5.32 Å². The molecule has 0 saturated heterocycles. The largest absolute Gasteiger partial charge is 0.472 e. The summed E-state index contributed by atoms with van der Waals surface area (Å²) < 4.78 is 5.13. The summed E-state index contributed by atoms with van der Waals surface area (Å²) >= 11 is 0. The van der Waals surface area contributed by atoms with Crippen LogP contribution in [-0.4, -0.2) is 4.98 Å². The maximum atomic E-state index is 5.13. The maximum absolute atomic E-state index is 5.13. The molecule has 3 rings (SSSR count). The number of aryl methyl sites for hydroxylation is 1. The summed E-state index contributed by atoms with van der Waals surface area (Å²) in [6.45, 7) is 4.20. The zero-order valence-corrected chi connectivity index (χ0v) is 11.1. The summed E-state index contributed by atoms with van der Waals surface area (Å²) in [6, 6.07) is 10.4. The van der Waals surface area contributed by atoms with Gasteiger partial charge in [0.25, 0.3) is 0 Å². The molecule has 0 aliphatic heterocycles. The van der Waals surface area contributed by atoms with Gasteiger partial charge in [-0.2, -0.15) is 0 Å². The van der Waals surface area contributed by atoms with E-state index >= 15 is 0 Å². The highest BCUT2D eigenvalue weighted by Crippen LogP contribution is 2.28. The first kappa shape index (κ1) is 11.8. The van der Waals surface area contributed by atoms with E-state index in [0.717, 1.165) is 22.2 Å². The molecule has 1 N–H and O–H groups in total. The fraction of sp³-hybridized carbons (Fsp3) is 0.188. The molecule has 2 aromatic heterocycles. The van der Waals surface area contributed by atoms with Gasteiger partial charge in [-0.1, -0.05) is 6.07 Å². The van der Waals surface area contributed by atoms with Gasteiger partial charge in [0, 0.05) is 22.8 Å². The van der Waals surface area contributed by atoms with Crippen LogP contribution in [0.2, 0.25) is 0 Å². The van der Waals surface area contributed by atoms with Crippen molar-refractivity contribution in [3.05, 3.63) is 60.2 Å². The topological polar surface area (TPSA) is 38.1 Å². The lowest BCUT2D eigenvalue weighted by atomic mass is 10.1. The highest BCUT2D eigenvalue weighted by molar-refractivity contribution is 5.93. The van der Waals surface area contributed by atoms with E-state index in [1.807, 2.05) is 18.3 Å². The first-order valence-corrected chi connectivity index (χ1v) is 6.38. The van der Waals surface area contributed by atoms with Crippen molar-refractivity contribution in [3.63, 3.8) is 0 Å². The van der Waals surface area contributed by atoms with E-state index in [-0.39, 0.29) is 6.04 Å². The van der Waals surface area contributed by atoms with E-state index in [9.17, 15) is 0 Å². The normalized spacial score (nSPS) is 12.5.